The number of nitrogens with zero attached hydrogens (tertiary/aromatic N) is 2. The SMILES string of the molecule is CC(=O)Nc1cccc([C@@H]2CCCCN2C(=O)C(=O)Nc2cncc(C)c2)c1. The molecule has 0 aliphatic carbocycles. The van der Waals surface area contributed by atoms with Crippen LogP contribution >= 0.6 is 0 Å². The Kier molecular flexibility index (Phi) is 6.03. The van der Waals surface area contributed by atoms with Gasteiger partial charge in [0, 0.05) is 25.4 Å². The smallest absolute Gasteiger partial charge is 0.313 e. The van der Waals surface area contributed by atoms with E-state index in [0.29, 0.717) is 17.9 Å². The maximum absolute atomic E-state index is 12.9. The summed E-state index contributed by atoms with van der Waals surface area (Å²) in [4.78, 5) is 42.4. The fourth-order valence-electron chi connectivity index (χ4n) is 3.49. The Morgan fingerprint density at radius 1 is 1.07 bits per heavy atom. The zero-order valence-corrected chi connectivity index (χ0v) is 16.1. The van der Waals surface area contributed by atoms with Gasteiger partial charge in [0.25, 0.3) is 0 Å². The zero-order valence-electron chi connectivity index (χ0n) is 16.1. The first-order valence-corrected chi connectivity index (χ1v) is 9.35. The maximum atomic E-state index is 12.9. The van der Waals surface area contributed by atoms with Crippen LogP contribution in [0.1, 0.15) is 43.4 Å². The van der Waals surface area contributed by atoms with Crippen molar-refractivity contribution in [2.45, 2.75) is 39.2 Å². The molecule has 0 spiro atoms. The first-order chi connectivity index (χ1) is 13.4. The van der Waals surface area contributed by atoms with Gasteiger partial charge in [-0.2, -0.15) is 0 Å². The zero-order chi connectivity index (χ0) is 20.1. The van der Waals surface area contributed by atoms with E-state index in [1.165, 1.54) is 13.1 Å². The molecule has 2 N–H and O–H groups in total. The minimum Gasteiger partial charge on any atom is -0.327 e. The highest BCUT2D eigenvalue weighted by molar-refractivity contribution is 6.39. The lowest BCUT2D eigenvalue weighted by atomic mass is 9.94. The van der Waals surface area contributed by atoms with Gasteiger partial charge in [-0.1, -0.05) is 12.1 Å². The van der Waals surface area contributed by atoms with Crippen LogP contribution in [-0.4, -0.2) is 34.2 Å². The molecule has 146 valence electrons. The van der Waals surface area contributed by atoms with Crippen LogP contribution in [0.25, 0.3) is 0 Å². The summed E-state index contributed by atoms with van der Waals surface area (Å²) in [6.45, 7) is 3.84. The van der Waals surface area contributed by atoms with Crippen LogP contribution < -0.4 is 10.6 Å². The lowest BCUT2D eigenvalue weighted by Crippen LogP contribution is -2.44. The number of aromatic nitrogens is 1. The van der Waals surface area contributed by atoms with Crippen LogP contribution in [0, 0.1) is 6.92 Å². The Morgan fingerprint density at radius 2 is 1.89 bits per heavy atom. The van der Waals surface area contributed by atoms with Gasteiger partial charge in [-0.05, 0) is 55.5 Å². The van der Waals surface area contributed by atoms with Gasteiger partial charge in [0.1, 0.15) is 0 Å². The first-order valence-electron chi connectivity index (χ1n) is 9.35. The lowest BCUT2D eigenvalue weighted by molar-refractivity contribution is -0.145. The number of rotatable bonds is 3. The van der Waals surface area contributed by atoms with Gasteiger partial charge in [0.15, 0.2) is 0 Å². The van der Waals surface area contributed by atoms with Gasteiger partial charge in [-0.25, -0.2) is 0 Å². The molecule has 1 fully saturated rings. The third kappa shape index (κ3) is 4.73. The third-order valence-electron chi connectivity index (χ3n) is 4.68. The molecular weight excluding hydrogens is 356 g/mol. The molecule has 1 saturated heterocycles. The molecule has 1 aromatic carbocycles. The summed E-state index contributed by atoms with van der Waals surface area (Å²) < 4.78 is 0. The van der Waals surface area contributed by atoms with Crippen molar-refractivity contribution in [3.63, 3.8) is 0 Å². The summed E-state index contributed by atoms with van der Waals surface area (Å²) in [6, 6.07) is 9.00. The number of likely N-dealkylation sites (tertiary alicyclic amines) is 1. The van der Waals surface area contributed by atoms with Gasteiger partial charge in [-0.15, -0.1) is 0 Å². The third-order valence-corrected chi connectivity index (χ3v) is 4.68. The molecule has 0 unspecified atom stereocenters. The normalized spacial score (nSPS) is 16.4. The van der Waals surface area contributed by atoms with Crippen molar-refractivity contribution < 1.29 is 14.4 Å². The molecule has 1 atom stereocenters. The highest BCUT2D eigenvalue weighted by Gasteiger charge is 2.32. The summed E-state index contributed by atoms with van der Waals surface area (Å²) in [7, 11) is 0. The molecule has 1 aromatic heterocycles. The van der Waals surface area contributed by atoms with E-state index in [2.05, 4.69) is 15.6 Å². The van der Waals surface area contributed by atoms with Crippen molar-refractivity contribution in [1.82, 2.24) is 9.88 Å². The summed E-state index contributed by atoms with van der Waals surface area (Å²) in [5.74, 6) is -1.38. The lowest BCUT2D eigenvalue weighted by Gasteiger charge is -2.35. The number of amides is 3. The molecule has 2 aromatic rings. The molecular formula is C21H24N4O3. The number of hydrogen-bond acceptors (Lipinski definition) is 4. The second-order valence-electron chi connectivity index (χ2n) is 7.02. The van der Waals surface area contributed by atoms with Crippen LogP contribution in [0.5, 0.6) is 0 Å². The van der Waals surface area contributed by atoms with E-state index in [-0.39, 0.29) is 11.9 Å². The van der Waals surface area contributed by atoms with Crippen molar-refractivity contribution in [3.05, 3.63) is 53.9 Å². The van der Waals surface area contributed by atoms with Gasteiger partial charge >= 0.3 is 11.8 Å². The molecule has 1 aliphatic rings. The van der Waals surface area contributed by atoms with E-state index in [1.54, 1.807) is 23.2 Å². The predicted octanol–water partition coefficient (Wildman–Crippen LogP) is 3.04. The average molecular weight is 380 g/mol. The quantitative estimate of drug-likeness (QED) is 0.801. The molecule has 2 heterocycles. The van der Waals surface area contributed by atoms with E-state index >= 15 is 0 Å². The second-order valence-corrected chi connectivity index (χ2v) is 7.02. The standard InChI is InChI=1S/C21H24N4O3/c1-14-10-18(13-22-12-14)24-20(27)21(28)25-9-4-3-8-19(25)16-6-5-7-17(11-16)23-15(2)26/h5-7,10-13,19H,3-4,8-9H2,1-2H3,(H,23,26)(H,24,27)/t19-/m0/s1. The number of pyridine rings is 1. The Balaban J connectivity index is 1.78. The molecule has 3 amide bonds. The fourth-order valence-corrected chi connectivity index (χ4v) is 3.49. The van der Waals surface area contributed by atoms with Crippen LogP contribution in [0.15, 0.2) is 42.7 Å². The van der Waals surface area contributed by atoms with Gasteiger partial charge < -0.3 is 15.5 Å². The predicted molar refractivity (Wildman–Crippen MR) is 107 cm³/mol. The van der Waals surface area contributed by atoms with Crippen molar-refractivity contribution >= 4 is 29.1 Å². The fraction of sp³-hybridized carbons (Fsp3) is 0.333. The number of carbonyl (C=O) groups is 3. The minimum atomic E-state index is -0.669. The van der Waals surface area contributed by atoms with Gasteiger partial charge in [-0.3, -0.25) is 19.4 Å². The largest absolute Gasteiger partial charge is 0.327 e. The number of piperidine rings is 1. The number of hydrogen-bond donors (Lipinski definition) is 2. The molecule has 1 aliphatic heterocycles. The number of benzene rings is 1. The topological polar surface area (TPSA) is 91.4 Å². The molecule has 3 rings (SSSR count). The molecule has 7 nitrogen and oxygen atoms in total. The Bertz CT molecular complexity index is 897. The molecule has 0 saturated carbocycles. The average Bonchev–Trinajstić information content (AvgIpc) is 2.67. The Hall–Kier alpha value is -3.22. The highest BCUT2D eigenvalue weighted by atomic mass is 16.2. The van der Waals surface area contributed by atoms with Crippen LogP contribution in [0.4, 0.5) is 11.4 Å². The number of nitrogens with one attached hydrogen (secondary N) is 2. The number of anilines is 2. The Morgan fingerprint density at radius 3 is 2.64 bits per heavy atom. The molecule has 28 heavy (non-hydrogen) atoms. The van der Waals surface area contributed by atoms with E-state index < -0.39 is 11.8 Å². The van der Waals surface area contributed by atoms with E-state index in [4.69, 9.17) is 0 Å². The van der Waals surface area contributed by atoms with E-state index in [9.17, 15) is 14.4 Å². The van der Waals surface area contributed by atoms with Crippen LogP contribution in [-0.2, 0) is 14.4 Å². The summed E-state index contributed by atoms with van der Waals surface area (Å²) in [6.07, 6.45) is 5.80. The number of aryl methyl sites for hydroxylation is 1. The second kappa shape index (κ2) is 8.65. The summed E-state index contributed by atoms with van der Waals surface area (Å²) in [5.41, 5.74) is 2.98. The van der Waals surface area contributed by atoms with Crippen molar-refractivity contribution in [2.24, 2.45) is 0 Å². The van der Waals surface area contributed by atoms with Crippen LogP contribution in [0.3, 0.4) is 0 Å². The van der Waals surface area contributed by atoms with Crippen molar-refractivity contribution in [2.75, 3.05) is 17.2 Å². The molecule has 0 radical (unpaired) electrons. The van der Waals surface area contributed by atoms with E-state index in [0.717, 1.165) is 30.4 Å². The monoisotopic (exact) mass is 380 g/mol. The van der Waals surface area contributed by atoms with Crippen LogP contribution in [0.2, 0.25) is 0 Å². The minimum absolute atomic E-state index is 0.153. The Labute approximate surface area is 164 Å². The molecule has 0 bridgehead atoms. The molecule has 7 heteroatoms. The van der Waals surface area contributed by atoms with Gasteiger partial charge in [0.2, 0.25) is 5.91 Å². The van der Waals surface area contributed by atoms with Crippen molar-refractivity contribution in [1.29, 1.82) is 0 Å². The maximum Gasteiger partial charge on any atom is 0.313 e. The van der Waals surface area contributed by atoms with Crippen molar-refractivity contribution in [3.8, 4) is 0 Å². The number of carbonyl (C=O) groups excluding carboxylic acids is 3. The summed E-state index contributed by atoms with van der Waals surface area (Å²) >= 11 is 0. The first kappa shape index (κ1) is 19.5. The van der Waals surface area contributed by atoms with Gasteiger partial charge in [0.05, 0.1) is 17.9 Å². The van der Waals surface area contributed by atoms with E-state index in [1.807, 2.05) is 25.1 Å². The highest BCUT2D eigenvalue weighted by Crippen LogP contribution is 2.32. The summed E-state index contributed by atoms with van der Waals surface area (Å²) in [5, 5.41) is 5.40.